The Morgan fingerprint density at radius 2 is 2.07 bits per heavy atom. The van der Waals surface area contributed by atoms with Crippen molar-refractivity contribution in [3.8, 4) is 17.1 Å². The molecule has 0 bridgehead atoms. The number of hydrogen-bond acceptors (Lipinski definition) is 5. The highest BCUT2D eigenvalue weighted by Gasteiger charge is 2.35. The van der Waals surface area contributed by atoms with Gasteiger partial charge in [0.15, 0.2) is 0 Å². The molecule has 0 aliphatic carbocycles. The van der Waals surface area contributed by atoms with E-state index in [1.54, 1.807) is 24.1 Å². The lowest BCUT2D eigenvalue weighted by Gasteiger charge is -2.36. The summed E-state index contributed by atoms with van der Waals surface area (Å²) < 4.78 is 10.5. The number of carbonyl (C=O) groups excluding carboxylic acids is 1. The Kier molecular flexibility index (Phi) is 5.67. The summed E-state index contributed by atoms with van der Waals surface area (Å²) >= 11 is 6.01. The number of likely N-dealkylation sites (tertiary alicyclic amines) is 1. The van der Waals surface area contributed by atoms with Crippen molar-refractivity contribution in [3.05, 3.63) is 65.0 Å². The van der Waals surface area contributed by atoms with Crippen LogP contribution >= 0.6 is 11.6 Å². The molecule has 0 saturated carbocycles. The lowest BCUT2D eigenvalue weighted by molar-refractivity contribution is 0.137. The number of carbonyl (C=O) groups is 1. The first kappa shape index (κ1) is 19.3. The van der Waals surface area contributed by atoms with Gasteiger partial charge >= 0.3 is 6.03 Å². The van der Waals surface area contributed by atoms with Gasteiger partial charge in [-0.25, -0.2) is 4.79 Å². The maximum atomic E-state index is 12.3. The largest absolute Gasteiger partial charge is 0.497 e. The first-order chi connectivity index (χ1) is 14.1. The Balaban J connectivity index is 1.24. The van der Waals surface area contributed by atoms with Crippen LogP contribution < -0.4 is 10.1 Å². The Morgan fingerprint density at radius 1 is 1.28 bits per heavy atom. The average molecular weight is 413 g/mol. The first-order valence-corrected chi connectivity index (χ1v) is 9.75. The van der Waals surface area contributed by atoms with Crippen LogP contribution in [0.4, 0.5) is 4.79 Å². The van der Waals surface area contributed by atoms with Crippen molar-refractivity contribution >= 4 is 17.6 Å². The van der Waals surface area contributed by atoms with E-state index in [0.717, 1.165) is 23.3 Å². The van der Waals surface area contributed by atoms with E-state index in [9.17, 15) is 4.79 Å². The van der Waals surface area contributed by atoms with Gasteiger partial charge in [0, 0.05) is 30.2 Å². The molecule has 4 rings (SSSR count). The number of ether oxygens (including phenoxy) is 1. The van der Waals surface area contributed by atoms with Crippen molar-refractivity contribution < 1.29 is 14.1 Å². The SMILES string of the molecule is COc1ccc(CCNC(=O)N2CC(c3nc(-c4cccc(Cl)c4)no3)C2)cc1. The average Bonchev–Trinajstić information content (AvgIpc) is 3.17. The highest BCUT2D eigenvalue weighted by atomic mass is 35.5. The van der Waals surface area contributed by atoms with Crippen LogP contribution in [-0.4, -0.2) is 47.8 Å². The molecule has 0 radical (unpaired) electrons. The summed E-state index contributed by atoms with van der Waals surface area (Å²) in [5.41, 5.74) is 1.95. The van der Waals surface area contributed by atoms with Gasteiger partial charge in [-0.05, 0) is 36.2 Å². The van der Waals surface area contributed by atoms with Crippen LogP contribution in [0.1, 0.15) is 17.4 Å². The number of amides is 2. The Bertz CT molecular complexity index is 984. The zero-order chi connectivity index (χ0) is 20.2. The fraction of sp³-hybridized carbons (Fsp3) is 0.286. The number of hydrogen-bond donors (Lipinski definition) is 1. The highest BCUT2D eigenvalue weighted by Crippen LogP contribution is 2.28. The highest BCUT2D eigenvalue weighted by molar-refractivity contribution is 6.30. The summed E-state index contributed by atoms with van der Waals surface area (Å²) in [7, 11) is 1.64. The third kappa shape index (κ3) is 4.51. The summed E-state index contributed by atoms with van der Waals surface area (Å²) in [5, 5.41) is 7.59. The number of urea groups is 1. The second-order valence-electron chi connectivity index (χ2n) is 6.90. The molecule has 1 aliphatic rings. The zero-order valence-corrected chi connectivity index (χ0v) is 16.7. The van der Waals surface area contributed by atoms with Crippen molar-refractivity contribution in [1.29, 1.82) is 0 Å². The van der Waals surface area contributed by atoms with E-state index in [1.807, 2.05) is 36.4 Å². The lowest BCUT2D eigenvalue weighted by atomic mass is 10.0. The summed E-state index contributed by atoms with van der Waals surface area (Å²) in [6, 6.07) is 15.1. The summed E-state index contributed by atoms with van der Waals surface area (Å²) in [4.78, 5) is 18.5. The summed E-state index contributed by atoms with van der Waals surface area (Å²) in [6.07, 6.45) is 0.764. The Labute approximate surface area is 173 Å². The maximum absolute atomic E-state index is 12.3. The van der Waals surface area contributed by atoms with Crippen LogP contribution in [0.15, 0.2) is 53.1 Å². The second kappa shape index (κ2) is 8.53. The van der Waals surface area contributed by atoms with Crippen LogP contribution in [0, 0.1) is 0 Å². The van der Waals surface area contributed by atoms with Gasteiger partial charge in [-0.15, -0.1) is 0 Å². The van der Waals surface area contributed by atoms with Crippen LogP contribution in [0.2, 0.25) is 5.02 Å². The van der Waals surface area contributed by atoms with Gasteiger partial charge < -0.3 is 19.5 Å². The molecule has 1 saturated heterocycles. The fourth-order valence-electron chi connectivity index (χ4n) is 3.16. The van der Waals surface area contributed by atoms with E-state index >= 15 is 0 Å². The minimum atomic E-state index is -0.0793. The van der Waals surface area contributed by atoms with Crippen molar-refractivity contribution in [2.24, 2.45) is 0 Å². The number of benzene rings is 2. The predicted octanol–water partition coefficient (Wildman–Crippen LogP) is 3.75. The minimum absolute atomic E-state index is 0.0581. The Morgan fingerprint density at radius 3 is 2.79 bits per heavy atom. The number of aromatic nitrogens is 2. The van der Waals surface area contributed by atoms with Gasteiger partial charge in [0.05, 0.1) is 13.0 Å². The number of rotatable bonds is 6. The van der Waals surface area contributed by atoms with Gasteiger partial charge in [0.25, 0.3) is 0 Å². The molecule has 1 aliphatic heterocycles. The molecule has 0 spiro atoms. The van der Waals surface area contributed by atoms with Crippen molar-refractivity contribution in [2.45, 2.75) is 12.3 Å². The molecule has 1 fully saturated rings. The van der Waals surface area contributed by atoms with E-state index in [4.69, 9.17) is 20.9 Å². The minimum Gasteiger partial charge on any atom is -0.497 e. The molecule has 0 unspecified atom stereocenters. The maximum Gasteiger partial charge on any atom is 0.317 e. The number of nitrogens with one attached hydrogen (secondary N) is 1. The molecule has 2 amide bonds. The zero-order valence-electron chi connectivity index (χ0n) is 16.0. The molecule has 3 aromatic rings. The lowest BCUT2D eigenvalue weighted by Crippen LogP contribution is -2.52. The Hall–Kier alpha value is -3.06. The van der Waals surface area contributed by atoms with Crippen molar-refractivity contribution in [1.82, 2.24) is 20.4 Å². The van der Waals surface area contributed by atoms with Crippen LogP contribution in [0.5, 0.6) is 5.75 Å². The van der Waals surface area contributed by atoms with Gasteiger partial charge in [-0.1, -0.05) is 41.0 Å². The summed E-state index contributed by atoms with van der Waals surface area (Å²) in [6.45, 7) is 1.70. The number of halogens is 1. The van der Waals surface area contributed by atoms with Crippen LogP contribution in [0.25, 0.3) is 11.4 Å². The molecule has 2 aromatic carbocycles. The smallest absolute Gasteiger partial charge is 0.317 e. The molecule has 2 heterocycles. The third-order valence-electron chi connectivity index (χ3n) is 4.89. The van der Waals surface area contributed by atoms with Crippen molar-refractivity contribution in [3.63, 3.8) is 0 Å². The molecular formula is C21H21ClN4O3. The van der Waals surface area contributed by atoms with Crippen molar-refractivity contribution in [2.75, 3.05) is 26.7 Å². The normalized spacial score (nSPS) is 13.8. The standard InChI is InChI=1S/C21H21ClN4O3/c1-28-18-7-5-14(6-8-18)9-10-23-21(27)26-12-16(13-26)20-24-19(25-29-20)15-3-2-4-17(22)11-15/h2-8,11,16H,9-10,12-13H2,1H3,(H,23,27). The molecular weight excluding hydrogens is 392 g/mol. The van der Waals surface area contributed by atoms with Crippen LogP contribution in [0.3, 0.4) is 0 Å². The van der Waals surface area contributed by atoms with Gasteiger partial charge in [0.1, 0.15) is 5.75 Å². The van der Waals surface area contributed by atoms with E-state index in [-0.39, 0.29) is 11.9 Å². The van der Waals surface area contributed by atoms with Gasteiger partial charge in [-0.3, -0.25) is 0 Å². The number of methoxy groups -OCH3 is 1. The predicted molar refractivity (Wildman–Crippen MR) is 109 cm³/mol. The molecule has 150 valence electrons. The second-order valence-corrected chi connectivity index (χ2v) is 7.33. The molecule has 0 atom stereocenters. The molecule has 7 nitrogen and oxygen atoms in total. The van der Waals surface area contributed by atoms with E-state index < -0.39 is 0 Å². The third-order valence-corrected chi connectivity index (χ3v) is 5.13. The van der Waals surface area contributed by atoms with E-state index in [2.05, 4.69) is 15.5 Å². The molecule has 8 heteroatoms. The monoisotopic (exact) mass is 412 g/mol. The fourth-order valence-corrected chi connectivity index (χ4v) is 3.35. The molecule has 1 N–H and O–H groups in total. The topological polar surface area (TPSA) is 80.5 Å². The van der Waals surface area contributed by atoms with E-state index in [1.165, 1.54) is 0 Å². The number of nitrogens with zero attached hydrogens (tertiary/aromatic N) is 3. The van der Waals surface area contributed by atoms with Gasteiger partial charge in [-0.2, -0.15) is 4.98 Å². The van der Waals surface area contributed by atoms with E-state index in [0.29, 0.717) is 36.4 Å². The first-order valence-electron chi connectivity index (χ1n) is 9.37. The molecule has 29 heavy (non-hydrogen) atoms. The molecule has 1 aromatic heterocycles. The quantitative estimate of drug-likeness (QED) is 0.666. The summed E-state index contributed by atoms with van der Waals surface area (Å²) in [5.74, 6) is 1.93. The van der Waals surface area contributed by atoms with Gasteiger partial charge in [0.2, 0.25) is 11.7 Å². The van der Waals surface area contributed by atoms with Crippen LogP contribution in [-0.2, 0) is 6.42 Å².